The van der Waals surface area contributed by atoms with Crippen LogP contribution in [0.5, 0.6) is 0 Å². The van der Waals surface area contributed by atoms with E-state index in [-0.39, 0.29) is 17.7 Å². The second-order valence-electron chi connectivity index (χ2n) is 7.09. The molecule has 0 aromatic heterocycles. The molecular weight excluding hydrogens is 580 g/mol. The van der Waals surface area contributed by atoms with Crippen LogP contribution in [0.4, 0.5) is 11.4 Å². The van der Waals surface area contributed by atoms with Crippen LogP contribution >= 0.6 is 45.2 Å². The van der Waals surface area contributed by atoms with Crippen LogP contribution in [0.3, 0.4) is 0 Å². The van der Waals surface area contributed by atoms with Gasteiger partial charge in [0, 0.05) is 50.6 Å². The standard InChI is InChI=1S/C21H23I2N3O2/c1-14(2)21(28)26-11-9-25(10-12-26)17-6-4-16(5-7-17)24-20(27)18-13-15(22)3-8-19(18)23/h3-8,13-14H,9-12H2,1-2H3,(H,24,27). The maximum Gasteiger partial charge on any atom is 0.256 e. The van der Waals surface area contributed by atoms with Crippen molar-refractivity contribution >= 4 is 68.4 Å². The average molecular weight is 603 g/mol. The third kappa shape index (κ3) is 5.16. The largest absolute Gasteiger partial charge is 0.368 e. The first kappa shape index (κ1) is 21.4. The fourth-order valence-corrected chi connectivity index (χ4v) is 4.25. The normalized spacial score (nSPS) is 14.3. The van der Waals surface area contributed by atoms with Gasteiger partial charge in [-0.3, -0.25) is 9.59 Å². The van der Waals surface area contributed by atoms with Crippen molar-refractivity contribution in [1.82, 2.24) is 4.90 Å². The molecule has 0 bridgehead atoms. The molecule has 0 saturated carbocycles. The molecule has 1 saturated heterocycles. The minimum absolute atomic E-state index is 0.0467. The molecule has 1 aliphatic rings. The highest BCUT2D eigenvalue weighted by Gasteiger charge is 2.23. The third-order valence-corrected chi connectivity index (χ3v) is 6.36. The number of rotatable bonds is 4. The van der Waals surface area contributed by atoms with Crippen molar-refractivity contribution in [1.29, 1.82) is 0 Å². The van der Waals surface area contributed by atoms with Crippen molar-refractivity contribution in [2.24, 2.45) is 5.92 Å². The summed E-state index contributed by atoms with van der Waals surface area (Å²) in [5.41, 5.74) is 2.57. The number of hydrogen-bond donors (Lipinski definition) is 1. The highest BCUT2D eigenvalue weighted by molar-refractivity contribution is 14.1. The second-order valence-corrected chi connectivity index (χ2v) is 9.50. The molecule has 3 rings (SSSR count). The van der Waals surface area contributed by atoms with E-state index in [1.165, 1.54) is 0 Å². The Morgan fingerprint density at radius 3 is 2.21 bits per heavy atom. The van der Waals surface area contributed by atoms with E-state index in [1.54, 1.807) is 0 Å². The van der Waals surface area contributed by atoms with Crippen LogP contribution in [0, 0.1) is 13.1 Å². The van der Waals surface area contributed by atoms with Gasteiger partial charge in [-0.05, 0) is 87.6 Å². The lowest BCUT2D eigenvalue weighted by Crippen LogP contribution is -2.49. The highest BCUT2D eigenvalue weighted by Crippen LogP contribution is 2.22. The van der Waals surface area contributed by atoms with E-state index in [9.17, 15) is 9.59 Å². The van der Waals surface area contributed by atoms with Crippen LogP contribution in [0.2, 0.25) is 0 Å². The molecule has 1 heterocycles. The molecule has 2 aromatic carbocycles. The Balaban J connectivity index is 1.60. The van der Waals surface area contributed by atoms with E-state index in [1.807, 2.05) is 61.2 Å². The Morgan fingerprint density at radius 2 is 1.61 bits per heavy atom. The molecule has 1 N–H and O–H groups in total. The zero-order valence-electron chi connectivity index (χ0n) is 15.9. The number of halogens is 2. The molecule has 148 valence electrons. The van der Waals surface area contributed by atoms with Gasteiger partial charge >= 0.3 is 0 Å². The molecule has 0 unspecified atom stereocenters. The summed E-state index contributed by atoms with van der Waals surface area (Å²) in [6, 6.07) is 13.7. The number of hydrogen-bond acceptors (Lipinski definition) is 3. The number of benzene rings is 2. The lowest BCUT2D eigenvalue weighted by atomic mass is 10.1. The predicted molar refractivity (Wildman–Crippen MR) is 130 cm³/mol. The van der Waals surface area contributed by atoms with Crippen molar-refractivity contribution in [2.75, 3.05) is 36.4 Å². The van der Waals surface area contributed by atoms with Gasteiger partial charge in [0.25, 0.3) is 5.91 Å². The number of anilines is 2. The van der Waals surface area contributed by atoms with Gasteiger partial charge in [-0.1, -0.05) is 13.8 Å². The van der Waals surface area contributed by atoms with Crippen molar-refractivity contribution in [3.8, 4) is 0 Å². The predicted octanol–water partition coefficient (Wildman–Crippen LogP) is 4.45. The molecular formula is C21H23I2N3O2. The van der Waals surface area contributed by atoms with Gasteiger partial charge in [-0.25, -0.2) is 0 Å². The lowest BCUT2D eigenvalue weighted by Gasteiger charge is -2.37. The van der Waals surface area contributed by atoms with E-state index in [2.05, 4.69) is 55.4 Å². The van der Waals surface area contributed by atoms with Gasteiger partial charge in [-0.2, -0.15) is 0 Å². The van der Waals surface area contributed by atoms with Crippen LogP contribution < -0.4 is 10.2 Å². The summed E-state index contributed by atoms with van der Waals surface area (Å²) in [6.07, 6.45) is 0. The molecule has 0 radical (unpaired) electrons. The summed E-state index contributed by atoms with van der Waals surface area (Å²) in [4.78, 5) is 28.9. The average Bonchev–Trinajstić information content (AvgIpc) is 2.70. The van der Waals surface area contributed by atoms with Crippen molar-refractivity contribution < 1.29 is 9.59 Å². The molecule has 1 aliphatic heterocycles. The zero-order valence-corrected chi connectivity index (χ0v) is 20.2. The van der Waals surface area contributed by atoms with Gasteiger partial charge in [-0.15, -0.1) is 0 Å². The topological polar surface area (TPSA) is 52.7 Å². The maximum absolute atomic E-state index is 12.6. The Hall–Kier alpha value is -1.36. The fraction of sp³-hybridized carbons (Fsp3) is 0.333. The Labute approximate surface area is 193 Å². The Kier molecular flexibility index (Phi) is 7.19. The minimum atomic E-state index is -0.100. The molecule has 0 atom stereocenters. The van der Waals surface area contributed by atoms with Gasteiger partial charge in [0.2, 0.25) is 5.91 Å². The summed E-state index contributed by atoms with van der Waals surface area (Å²) in [7, 11) is 0. The van der Waals surface area contributed by atoms with Crippen LogP contribution in [0.1, 0.15) is 24.2 Å². The molecule has 0 aliphatic carbocycles. The van der Waals surface area contributed by atoms with Gasteiger partial charge in [0.15, 0.2) is 0 Å². The van der Waals surface area contributed by atoms with Gasteiger partial charge in [0.1, 0.15) is 0 Å². The fourth-order valence-electron chi connectivity index (χ4n) is 3.18. The quantitative estimate of drug-likeness (QED) is 0.526. The number of carbonyl (C=O) groups is 2. The first-order valence-corrected chi connectivity index (χ1v) is 11.4. The monoisotopic (exact) mass is 603 g/mol. The third-order valence-electron chi connectivity index (χ3n) is 4.75. The number of carbonyl (C=O) groups excluding carboxylic acids is 2. The molecule has 2 aromatic rings. The summed E-state index contributed by atoms with van der Waals surface area (Å²) >= 11 is 4.39. The highest BCUT2D eigenvalue weighted by atomic mass is 127. The molecule has 2 amide bonds. The number of amides is 2. The van der Waals surface area contributed by atoms with Crippen molar-refractivity contribution in [3.63, 3.8) is 0 Å². The number of piperazine rings is 1. The van der Waals surface area contributed by atoms with E-state index < -0.39 is 0 Å². The SMILES string of the molecule is CC(C)C(=O)N1CCN(c2ccc(NC(=O)c3cc(I)ccc3I)cc2)CC1. The molecule has 1 fully saturated rings. The van der Waals surface area contributed by atoms with Crippen LogP contribution in [-0.2, 0) is 4.79 Å². The van der Waals surface area contributed by atoms with E-state index in [4.69, 9.17) is 0 Å². The van der Waals surface area contributed by atoms with Crippen molar-refractivity contribution in [3.05, 3.63) is 55.2 Å². The van der Waals surface area contributed by atoms with Crippen molar-refractivity contribution in [2.45, 2.75) is 13.8 Å². The second kappa shape index (κ2) is 9.43. The number of nitrogens with zero attached hydrogens (tertiary/aromatic N) is 2. The number of nitrogens with one attached hydrogen (secondary N) is 1. The Morgan fingerprint density at radius 1 is 0.964 bits per heavy atom. The van der Waals surface area contributed by atoms with Gasteiger partial charge < -0.3 is 15.1 Å². The summed E-state index contributed by atoms with van der Waals surface area (Å²) < 4.78 is 1.97. The molecule has 0 spiro atoms. The zero-order chi connectivity index (χ0) is 20.3. The molecule has 7 heteroatoms. The minimum Gasteiger partial charge on any atom is -0.368 e. The van der Waals surface area contributed by atoms with E-state index >= 15 is 0 Å². The summed E-state index contributed by atoms with van der Waals surface area (Å²) in [5.74, 6) is 0.171. The summed E-state index contributed by atoms with van der Waals surface area (Å²) in [5, 5.41) is 2.97. The maximum atomic E-state index is 12.6. The first-order valence-electron chi connectivity index (χ1n) is 9.25. The summed E-state index contributed by atoms with van der Waals surface area (Å²) in [6.45, 7) is 7.04. The molecule has 5 nitrogen and oxygen atoms in total. The smallest absolute Gasteiger partial charge is 0.256 e. The van der Waals surface area contributed by atoms with Crippen LogP contribution in [0.15, 0.2) is 42.5 Å². The Bertz CT molecular complexity index is 860. The van der Waals surface area contributed by atoms with Crippen LogP contribution in [-0.4, -0.2) is 42.9 Å². The molecule has 28 heavy (non-hydrogen) atoms. The van der Waals surface area contributed by atoms with E-state index in [0.717, 1.165) is 44.7 Å². The van der Waals surface area contributed by atoms with Crippen LogP contribution in [0.25, 0.3) is 0 Å². The first-order chi connectivity index (χ1) is 13.3. The van der Waals surface area contributed by atoms with E-state index in [0.29, 0.717) is 5.56 Å². The van der Waals surface area contributed by atoms with Gasteiger partial charge in [0.05, 0.1) is 5.56 Å². The lowest BCUT2D eigenvalue weighted by molar-refractivity contribution is -0.134.